The summed E-state index contributed by atoms with van der Waals surface area (Å²) in [5, 5.41) is 5.12. The molecule has 1 atom stereocenters. The number of benzene rings is 4. The third-order valence-electron chi connectivity index (χ3n) is 5.93. The summed E-state index contributed by atoms with van der Waals surface area (Å²) in [4.78, 5) is 5.01. The number of rotatable bonds is 8. The molecule has 0 aromatic heterocycles. The quantitative estimate of drug-likeness (QED) is 0.311. The van der Waals surface area contributed by atoms with Crippen LogP contribution in [0.4, 0.5) is 0 Å². The summed E-state index contributed by atoms with van der Waals surface area (Å²) in [5.41, 5.74) is 1.05. The second-order valence-electron chi connectivity index (χ2n) is 8.13. The minimum absolute atomic E-state index is 0.183. The van der Waals surface area contributed by atoms with E-state index in [0.717, 1.165) is 35.2 Å². The maximum Gasteiger partial charge on any atom is 0.217 e. The highest BCUT2D eigenvalue weighted by atomic mass is 31.1. The lowest BCUT2D eigenvalue weighted by Crippen LogP contribution is -2.17. The predicted molar refractivity (Wildman–Crippen MR) is 140 cm³/mol. The molecular weight excluding hydrogens is 425 g/mol. The standard InChI is InChI=1S/C29H28NO2P/c1-2-31-24-17-16-22-10-9-15-27(28(22)20-24)29-30-23(21-32-29)18-19-33(25-11-5-3-6-12-25)26-13-7-4-8-14-26/h3-17,20,23H,2,18-19,21H2,1H3/t23-/m0/s1. The van der Waals surface area contributed by atoms with E-state index in [-0.39, 0.29) is 6.04 Å². The first-order valence-electron chi connectivity index (χ1n) is 11.6. The average Bonchev–Trinajstić information content (AvgIpc) is 3.34. The van der Waals surface area contributed by atoms with Gasteiger partial charge in [0.05, 0.1) is 12.6 Å². The Morgan fingerprint density at radius 1 is 0.879 bits per heavy atom. The second kappa shape index (κ2) is 10.2. The Kier molecular flexibility index (Phi) is 6.69. The molecule has 0 radical (unpaired) electrons. The summed E-state index contributed by atoms with van der Waals surface area (Å²) < 4.78 is 11.8. The first-order chi connectivity index (χ1) is 16.3. The van der Waals surface area contributed by atoms with E-state index in [2.05, 4.69) is 91.0 Å². The number of hydrogen-bond donors (Lipinski definition) is 0. The molecule has 4 aromatic rings. The Morgan fingerprint density at radius 3 is 2.30 bits per heavy atom. The molecule has 0 saturated heterocycles. The molecule has 0 N–H and O–H groups in total. The maximum absolute atomic E-state index is 6.12. The van der Waals surface area contributed by atoms with Crippen LogP contribution in [0.15, 0.2) is 102 Å². The molecule has 3 nitrogen and oxygen atoms in total. The summed E-state index contributed by atoms with van der Waals surface area (Å²) in [7, 11) is -0.414. The normalized spacial score (nSPS) is 15.5. The van der Waals surface area contributed by atoms with E-state index >= 15 is 0 Å². The monoisotopic (exact) mass is 453 g/mol. The number of aliphatic imine (C=N–C) groups is 1. The molecule has 1 aliphatic heterocycles. The van der Waals surface area contributed by atoms with Crippen LogP contribution in [0.2, 0.25) is 0 Å². The minimum Gasteiger partial charge on any atom is -0.494 e. The van der Waals surface area contributed by atoms with Gasteiger partial charge in [0.2, 0.25) is 5.90 Å². The van der Waals surface area contributed by atoms with Gasteiger partial charge < -0.3 is 9.47 Å². The van der Waals surface area contributed by atoms with Crippen molar-refractivity contribution in [2.75, 3.05) is 19.4 Å². The van der Waals surface area contributed by atoms with Crippen molar-refractivity contribution in [1.82, 2.24) is 0 Å². The zero-order valence-electron chi connectivity index (χ0n) is 18.9. The maximum atomic E-state index is 6.12. The zero-order chi connectivity index (χ0) is 22.5. The van der Waals surface area contributed by atoms with Crippen molar-refractivity contribution in [1.29, 1.82) is 0 Å². The summed E-state index contributed by atoms with van der Waals surface area (Å²) in [6, 6.07) is 34.4. The van der Waals surface area contributed by atoms with Crippen LogP contribution in [0.5, 0.6) is 5.75 Å². The molecule has 166 valence electrons. The van der Waals surface area contributed by atoms with Gasteiger partial charge in [0.1, 0.15) is 12.4 Å². The fraction of sp³-hybridized carbons (Fsp3) is 0.207. The van der Waals surface area contributed by atoms with E-state index in [1.807, 2.05) is 13.0 Å². The Labute approximate surface area is 196 Å². The molecule has 0 amide bonds. The fourth-order valence-corrected chi connectivity index (χ4v) is 6.74. The van der Waals surface area contributed by atoms with Gasteiger partial charge in [0.25, 0.3) is 0 Å². The number of ether oxygens (including phenoxy) is 2. The van der Waals surface area contributed by atoms with Gasteiger partial charge in [0.15, 0.2) is 0 Å². The van der Waals surface area contributed by atoms with Gasteiger partial charge in [-0.15, -0.1) is 0 Å². The Hall–Kier alpha value is -3.16. The van der Waals surface area contributed by atoms with Crippen LogP contribution in [0.25, 0.3) is 10.8 Å². The van der Waals surface area contributed by atoms with Crippen molar-refractivity contribution in [3.8, 4) is 5.75 Å². The first kappa shape index (κ1) is 21.7. The van der Waals surface area contributed by atoms with Crippen LogP contribution < -0.4 is 15.3 Å². The van der Waals surface area contributed by atoms with Crippen molar-refractivity contribution in [3.63, 3.8) is 0 Å². The minimum atomic E-state index is -0.414. The van der Waals surface area contributed by atoms with E-state index in [4.69, 9.17) is 14.5 Å². The highest BCUT2D eigenvalue weighted by molar-refractivity contribution is 7.73. The SMILES string of the molecule is CCOc1ccc2cccc(C3=N[C@@H](CCP(c4ccccc4)c4ccccc4)CO3)c2c1. The Morgan fingerprint density at radius 2 is 1.61 bits per heavy atom. The van der Waals surface area contributed by atoms with Crippen LogP contribution in [0.1, 0.15) is 18.9 Å². The largest absolute Gasteiger partial charge is 0.494 e. The van der Waals surface area contributed by atoms with Gasteiger partial charge in [-0.3, -0.25) is 0 Å². The van der Waals surface area contributed by atoms with Crippen LogP contribution in [0, 0.1) is 0 Å². The molecule has 5 rings (SSSR count). The smallest absolute Gasteiger partial charge is 0.217 e. The van der Waals surface area contributed by atoms with E-state index in [9.17, 15) is 0 Å². The lowest BCUT2D eigenvalue weighted by atomic mass is 10.0. The summed E-state index contributed by atoms with van der Waals surface area (Å²) in [5.74, 6) is 1.63. The molecule has 4 heteroatoms. The highest BCUT2D eigenvalue weighted by Crippen LogP contribution is 2.35. The third-order valence-corrected chi connectivity index (χ3v) is 8.48. The van der Waals surface area contributed by atoms with Gasteiger partial charge in [-0.2, -0.15) is 0 Å². The second-order valence-corrected chi connectivity index (χ2v) is 10.5. The molecule has 33 heavy (non-hydrogen) atoms. The molecule has 0 unspecified atom stereocenters. The van der Waals surface area contributed by atoms with Crippen LogP contribution in [0.3, 0.4) is 0 Å². The Balaban J connectivity index is 1.37. The average molecular weight is 454 g/mol. The first-order valence-corrected chi connectivity index (χ1v) is 13.1. The highest BCUT2D eigenvalue weighted by Gasteiger charge is 2.23. The number of hydrogen-bond acceptors (Lipinski definition) is 3. The van der Waals surface area contributed by atoms with Crippen molar-refractivity contribution < 1.29 is 9.47 Å². The van der Waals surface area contributed by atoms with Crippen LogP contribution in [-0.4, -0.2) is 31.3 Å². The summed E-state index contributed by atoms with van der Waals surface area (Å²) in [6.45, 7) is 3.30. The molecule has 1 aliphatic rings. The van der Waals surface area contributed by atoms with Crippen molar-refractivity contribution in [2.45, 2.75) is 19.4 Å². The van der Waals surface area contributed by atoms with Crippen LogP contribution >= 0.6 is 7.92 Å². The third kappa shape index (κ3) is 4.94. The molecule has 0 spiro atoms. The van der Waals surface area contributed by atoms with Crippen molar-refractivity contribution in [3.05, 3.63) is 103 Å². The van der Waals surface area contributed by atoms with Gasteiger partial charge in [0, 0.05) is 5.56 Å². The van der Waals surface area contributed by atoms with E-state index in [1.165, 1.54) is 16.0 Å². The topological polar surface area (TPSA) is 30.8 Å². The predicted octanol–water partition coefficient (Wildman–Crippen LogP) is 5.91. The van der Waals surface area contributed by atoms with E-state index in [0.29, 0.717) is 13.2 Å². The van der Waals surface area contributed by atoms with Crippen molar-refractivity contribution >= 4 is 35.2 Å². The molecule has 0 bridgehead atoms. The van der Waals surface area contributed by atoms with E-state index < -0.39 is 7.92 Å². The molecule has 0 fully saturated rings. The Bertz CT molecular complexity index is 1200. The van der Waals surface area contributed by atoms with Gasteiger partial charge >= 0.3 is 0 Å². The van der Waals surface area contributed by atoms with Gasteiger partial charge in [-0.05, 0) is 67.0 Å². The van der Waals surface area contributed by atoms with Crippen LogP contribution in [-0.2, 0) is 4.74 Å². The number of nitrogens with zero attached hydrogens (tertiary/aromatic N) is 1. The van der Waals surface area contributed by atoms with E-state index in [1.54, 1.807) is 0 Å². The molecular formula is C29H28NO2P. The number of fused-ring (bicyclic) bond motifs is 1. The lowest BCUT2D eigenvalue weighted by Gasteiger charge is -2.19. The van der Waals surface area contributed by atoms with Gasteiger partial charge in [-0.1, -0.05) is 78.9 Å². The van der Waals surface area contributed by atoms with Crippen molar-refractivity contribution in [2.24, 2.45) is 4.99 Å². The molecule has 0 saturated carbocycles. The lowest BCUT2D eigenvalue weighted by molar-refractivity contribution is 0.315. The molecule has 0 aliphatic carbocycles. The fourth-order valence-electron chi connectivity index (χ4n) is 4.31. The molecule has 1 heterocycles. The summed E-state index contributed by atoms with van der Waals surface area (Å²) >= 11 is 0. The summed E-state index contributed by atoms with van der Waals surface area (Å²) in [6.07, 6.45) is 2.10. The molecule has 4 aromatic carbocycles. The van der Waals surface area contributed by atoms with Gasteiger partial charge in [-0.25, -0.2) is 4.99 Å². The zero-order valence-corrected chi connectivity index (χ0v) is 19.7.